The van der Waals surface area contributed by atoms with Crippen molar-refractivity contribution in [2.75, 3.05) is 12.8 Å². The maximum atomic E-state index is 12.8. The molecule has 0 bridgehead atoms. The Balaban J connectivity index is 2.50. The molecule has 0 aliphatic heterocycles. The van der Waals surface area contributed by atoms with Crippen molar-refractivity contribution in [3.63, 3.8) is 0 Å². The molecule has 0 aromatic rings. The second-order valence-corrected chi connectivity index (χ2v) is 7.61. The van der Waals surface area contributed by atoms with Crippen molar-refractivity contribution in [3.05, 3.63) is 0 Å². The first-order valence-corrected chi connectivity index (χ1v) is 7.17. The van der Waals surface area contributed by atoms with Gasteiger partial charge in [-0.05, 0) is 38.5 Å². The summed E-state index contributed by atoms with van der Waals surface area (Å²) in [5, 5.41) is 0. The van der Waals surface area contributed by atoms with Crippen molar-refractivity contribution >= 4 is 7.14 Å². The summed E-state index contributed by atoms with van der Waals surface area (Å²) in [5.41, 5.74) is 0.314. The lowest BCUT2D eigenvalue weighted by Crippen LogP contribution is -2.20. The minimum atomic E-state index is -1.94. The number of halogens is 1. The van der Waals surface area contributed by atoms with E-state index in [0.29, 0.717) is 18.5 Å². The Morgan fingerprint density at radius 1 is 1.33 bits per heavy atom. The Kier molecular flexibility index (Phi) is 3.34. The largest absolute Gasteiger partial charge is 0.324 e. The average molecular weight is 192 g/mol. The molecule has 1 atom stereocenters. The lowest BCUT2D eigenvalue weighted by Gasteiger charge is -2.28. The zero-order chi connectivity index (χ0) is 9.19. The topological polar surface area (TPSA) is 17.1 Å². The summed E-state index contributed by atoms with van der Waals surface area (Å²) in [4.78, 5) is 0. The molecule has 0 heterocycles. The number of hydrogen-bond donors (Lipinski definition) is 0. The van der Waals surface area contributed by atoms with Gasteiger partial charge in [0, 0.05) is 5.66 Å². The van der Waals surface area contributed by atoms with Gasteiger partial charge in [0.25, 0.3) is 0 Å². The highest BCUT2D eigenvalue weighted by molar-refractivity contribution is 7.63. The van der Waals surface area contributed by atoms with Gasteiger partial charge in [0.15, 0.2) is 0 Å². The summed E-state index contributed by atoms with van der Waals surface area (Å²) >= 11 is 0. The van der Waals surface area contributed by atoms with E-state index in [4.69, 9.17) is 0 Å². The van der Waals surface area contributed by atoms with Crippen molar-refractivity contribution < 1.29 is 8.96 Å². The normalized spacial score (nSPS) is 35.9. The van der Waals surface area contributed by atoms with Gasteiger partial charge in [-0.1, -0.05) is 6.92 Å². The maximum absolute atomic E-state index is 12.8. The van der Waals surface area contributed by atoms with E-state index in [1.54, 1.807) is 0 Å². The van der Waals surface area contributed by atoms with Crippen LogP contribution in [-0.4, -0.2) is 24.7 Å². The number of alkyl halides is 1. The zero-order valence-electron chi connectivity index (χ0n) is 7.92. The van der Waals surface area contributed by atoms with E-state index in [9.17, 15) is 8.96 Å². The summed E-state index contributed by atoms with van der Waals surface area (Å²) in [6.45, 7) is 3.85. The predicted molar refractivity (Wildman–Crippen MR) is 51.2 cm³/mol. The first-order chi connectivity index (χ1) is 5.56. The predicted octanol–water partition coefficient (Wildman–Crippen LogP) is 3.28. The lowest BCUT2D eigenvalue weighted by atomic mass is 9.98. The van der Waals surface area contributed by atoms with Crippen LogP contribution in [-0.2, 0) is 4.57 Å². The minimum absolute atomic E-state index is 0.314. The molecule has 0 radical (unpaired) electrons. The van der Waals surface area contributed by atoms with Gasteiger partial charge in [0.05, 0.1) is 7.14 Å². The van der Waals surface area contributed by atoms with E-state index in [1.807, 2.05) is 13.6 Å². The van der Waals surface area contributed by atoms with Crippen LogP contribution in [0.4, 0.5) is 4.39 Å². The van der Waals surface area contributed by atoms with Crippen molar-refractivity contribution in [3.8, 4) is 0 Å². The smallest absolute Gasteiger partial charge is 0.100 e. The summed E-state index contributed by atoms with van der Waals surface area (Å²) in [7, 11) is -1.94. The molecule has 1 unspecified atom stereocenters. The first-order valence-electron chi connectivity index (χ1n) is 4.76. The molecule has 1 aliphatic carbocycles. The Morgan fingerprint density at radius 2 is 1.83 bits per heavy atom. The highest BCUT2D eigenvalue weighted by Gasteiger charge is 2.30. The molecule has 12 heavy (non-hydrogen) atoms. The quantitative estimate of drug-likeness (QED) is 0.613. The monoisotopic (exact) mass is 192 g/mol. The highest BCUT2D eigenvalue weighted by atomic mass is 31.2. The van der Waals surface area contributed by atoms with Crippen molar-refractivity contribution in [1.29, 1.82) is 0 Å². The van der Waals surface area contributed by atoms with Crippen LogP contribution in [0.2, 0.25) is 0 Å². The Labute approximate surface area is 74.1 Å². The van der Waals surface area contributed by atoms with E-state index in [2.05, 4.69) is 0 Å². The van der Waals surface area contributed by atoms with Crippen LogP contribution in [0.3, 0.4) is 0 Å². The van der Waals surface area contributed by atoms with Crippen LogP contribution in [0, 0.1) is 0 Å². The summed E-state index contributed by atoms with van der Waals surface area (Å²) in [6, 6.07) is 0. The molecule has 1 nitrogen and oxygen atoms in total. The molecule has 0 amide bonds. The molecule has 0 aromatic heterocycles. The van der Waals surface area contributed by atoms with E-state index < -0.39 is 13.3 Å². The summed E-state index contributed by atoms with van der Waals surface area (Å²) in [6.07, 6.45) is 3.07. The first kappa shape index (κ1) is 10.2. The molecular weight excluding hydrogens is 174 g/mol. The standard InChI is InChI=1S/C9H18FOP/c1-3-12(2,11)9-6-4-8(10)5-7-9/h8-9H,3-7H2,1-2H3. The number of rotatable bonds is 2. The fraction of sp³-hybridized carbons (Fsp3) is 1.00. The highest BCUT2D eigenvalue weighted by Crippen LogP contribution is 2.52. The SMILES string of the molecule is CCP(C)(=O)C1CCC(F)CC1. The van der Waals surface area contributed by atoms with Gasteiger partial charge < -0.3 is 4.57 Å². The molecule has 1 aliphatic rings. The van der Waals surface area contributed by atoms with Gasteiger partial charge in [0.1, 0.15) is 6.17 Å². The fourth-order valence-electron chi connectivity index (χ4n) is 1.84. The van der Waals surface area contributed by atoms with Crippen LogP contribution < -0.4 is 0 Å². The van der Waals surface area contributed by atoms with Crippen LogP contribution in [0.25, 0.3) is 0 Å². The maximum Gasteiger partial charge on any atom is 0.100 e. The molecule has 72 valence electrons. The molecule has 0 aromatic carbocycles. The molecular formula is C9H18FOP. The molecule has 0 N–H and O–H groups in total. The van der Waals surface area contributed by atoms with E-state index in [-0.39, 0.29) is 0 Å². The van der Waals surface area contributed by atoms with Crippen molar-refractivity contribution in [1.82, 2.24) is 0 Å². The molecule has 3 heteroatoms. The van der Waals surface area contributed by atoms with Crippen molar-refractivity contribution in [2.24, 2.45) is 0 Å². The van der Waals surface area contributed by atoms with Crippen LogP contribution in [0.5, 0.6) is 0 Å². The van der Waals surface area contributed by atoms with Crippen LogP contribution in [0.15, 0.2) is 0 Å². The van der Waals surface area contributed by atoms with E-state index in [1.165, 1.54) is 0 Å². The third kappa shape index (κ3) is 2.32. The van der Waals surface area contributed by atoms with E-state index in [0.717, 1.165) is 19.0 Å². The second kappa shape index (κ2) is 3.91. The van der Waals surface area contributed by atoms with Gasteiger partial charge in [-0.25, -0.2) is 4.39 Å². The van der Waals surface area contributed by atoms with Gasteiger partial charge in [0.2, 0.25) is 0 Å². The third-order valence-corrected chi connectivity index (χ3v) is 6.34. The number of hydrogen-bond acceptors (Lipinski definition) is 1. The minimum Gasteiger partial charge on any atom is -0.324 e. The average Bonchev–Trinajstić information content (AvgIpc) is 2.05. The summed E-state index contributed by atoms with van der Waals surface area (Å²) in [5.74, 6) is 0. The van der Waals surface area contributed by atoms with Gasteiger partial charge >= 0.3 is 0 Å². The zero-order valence-corrected chi connectivity index (χ0v) is 8.82. The summed E-state index contributed by atoms with van der Waals surface area (Å²) < 4.78 is 24.7. The van der Waals surface area contributed by atoms with Gasteiger partial charge in [-0.2, -0.15) is 0 Å². The molecule has 1 fully saturated rings. The molecule has 0 spiro atoms. The van der Waals surface area contributed by atoms with E-state index >= 15 is 0 Å². The van der Waals surface area contributed by atoms with Gasteiger partial charge in [-0.3, -0.25) is 0 Å². The second-order valence-electron chi connectivity index (χ2n) is 3.90. The molecule has 1 rings (SSSR count). The third-order valence-electron chi connectivity index (χ3n) is 3.03. The van der Waals surface area contributed by atoms with Crippen LogP contribution in [0.1, 0.15) is 32.6 Å². The van der Waals surface area contributed by atoms with Crippen LogP contribution >= 0.6 is 7.14 Å². The van der Waals surface area contributed by atoms with Gasteiger partial charge in [-0.15, -0.1) is 0 Å². The Hall–Kier alpha value is 0.160. The Morgan fingerprint density at radius 3 is 2.25 bits per heavy atom. The fourth-order valence-corrected chi connectivity index (χ4v) is 3.75. The lowest BCUT2D eigenvalue weighted by molar-refractivity contribution is 0.252. The molecule has 0 saturated heterocycles. The van der Waals surface area contributed by atoms with Crippen molar-refractivity contribution in [2.45, 2.75) is 44.4 Å². The Bertz CT molecular complexity index is 185. The molecule has 1 saturated carbocycles.